The van der Waals surface area contributed by atoms with E-state index in [9.17, 15) is 23.1 Å². The average molecular weight is 282 g/mol. The van der Waals surface area contributed by atoms with E-state index in [1.165, 1.54) is 0 Å². The van der Waals surface area contributed by atoms with Gasteiger partial charge in [-0.15, -0.1) is 0 Å². The Hall–Kier alpha value is -0.820. The van der Waals surface area contributed by atoms with Gasteiger partial charge < -0.3 is 15.7 Å². The fourth-order valence-electron chi connectivity index (χ4n) is 2.31. The lowest BCUT2D eigenvalue weighted by atomic mass is 9.83. The fraction of sp³-hybridized carbons (Fsp3) is 0.917. The van der Waals surface area contributed by atoms with Crippen LogP contribution in [0, 0.1) is 5.41 Å². The summed E-state index contributed by atoms with van der Waals surface area (Å²) in [5.41, 5.74) is -3.35. The van der Waals surface area contributed by atoms with Crippen molar-refractivity contribution in [1.29, 1.82) is 0 Å². The van der Waals surface area contributed by atoms with Crippen molar-refractivity contribution >= 4 is 5.91 Å². The average Bonchev–Trinajstić information content (AvgIpc) is 2.86. The second kappa shape index (κ2) is 5.66. The maximum Gasteiger partial charge on any atom is 0.404 e. The summed E-state index contributed by atoms with van der Waals surface area (Å²) in [6, 6.07) is 0. The van der Waals surface area contributed by atoms with Gasteiger partial charge in [0.1, 0.15) is 0 Å². The number of halogens is 3. The number of carbonyl (C=O) groups is 1. The van der Waals surface area contributed by atoms with Crippen LogP contribution in [-0.2, 0) is 4.79 Å². The SMILES string of the molecule is CCC(CC)(CO)NC(=O)C1(C(F)(F)F)CCNC1. The zero-order chi connectivity index (χ0) is 14.7. The number of hydrogen-bond donors (Lipinski definition) is 3. The van der Waals surface area contributed by atoms with Gasteiger partial charge in [-0.1, -0.05) is 13.8 Å². The summed E-state index contributed by atoms with van der Waals surface area (Å²) in [7, 11) is 0. The van der Waals surface area contributed by atoms with Gasteiger partial charge in [-0.05, 0) is 25.8 Å². The van der Waals surface area contributed by atoms with Crippen LogP contribution in [0.2, 0.25) is 0 Å². The van der Waals surface area contributed by atoms with Crippen molar-refractivity contribution in [2.24, 2.45) is 5.41 Å². The minimum Gasteiger partial charge on any atom is -0.394 e. The molecule has 7 heteroatoms. The second-order valence-corrected chi connectivity index (χ2v) is 5.11. The topological polar surface area (TPSA) is 61.4 Å². The molecule has 0 radical (unpaired) electrons. The third-order valence-corrected chi connectivity index (χ3v) is 4.17. The Morgan fingerprint density at radius 3 is 2.26 bits per heavy atom. The molecule has 1 rings (SSSR count). The first-order chi connectivity index (χ1) is 8.77. The van der Waals surface area contributed by atoms with Crippen LogP contribution in [0.3, 0.4) is 0 Å². The highest BCUT2D eigenvalue weighted by molar-refractivity contribution is 5.85. The van der Waals surface area contributed by atoms with Crippen molar-refractivity contribution in [2.75, 3.05) is 19.7 Å². The first-order valence-electron chi connectivity index (χ1n) is 6.48. The maximum absolute atomic E-state index is 13.2. The largest absolute Gasteiger partial charge is 0.404 e. The molecular formula is C12H21F3N2O2. The zero-order valence-corrected chi connectivity index (χ0v) is 11.2. The number of aliphatic hydroxyl groups excluding tert-OH is 1. The van der Waals surface area contributed by atoms with Crippen molar-refractivity contribution < 1.29 is 23.1 Å². The third-order valence-electron chi connectivity index (χ3n) is 4.17. The summed E-state index contributed by atoms with van der Waals surface area (Å²) >= 11 is 0. The van der Waals surface area contributed by atoms with Gasteiger partial charge in [0.25, 0.3) is 0 Å². The molecule has 1 fully saturated rings. The van der Waals surface area contributed by atoms with Gasteiger partial charge in [0, 0.05) is 6.54 Å². The second-order valence-electron chi connectivity index (χ2n) is 5.11. The molecule has 19 heavy (non-hydrogen) atoms. The maximum atomic E-state index is 13.2. The van der Waals surface area contributed by atoms with Crippen LogP contribution < -0.4 is 10.6 Å². The molecule has 3 N–H and O–H groups in total. The minimum absolute atomic E-state index is 0.164. The summed E-state index contributed by atoms with van der Waals surface area (Å²) in [6.45, 7) is 2.85. The molecule has 1 amide bonds. The van der Waals surface area contributed by atoms with Crippen molar-refractivity contribution in [2.45, 2.75) is 44.8 Å². The molecule has 112 valence electrons. The summed E-state index contributed by atoms with van der Waals surface area (Å²) in [6.07, 6.45) is -4.10. The van der Waals surface area contributed by atoms with E-state index in [4.69, 9.17) is 0 Å². The Labute approximate surface area is 110 Å². The third kappa shape index (κ3) is 2.86. The molecular weight excluding hydrogens is 261 g/mol. The Morgan fingerprint density at radius 1 is 1.37 bits per heavy atom. The normalized spacial score (nSPS) is 24.5. The molecule has 1 aliphatic heterocycles. The van der Waals surface area contributed by atoms with Crippen molar-refractivity contribution in [1.82, 2.24) is 10.6 Å². The zero-order valence-electron chi connectivity index (χ0n) is 11.2. The van der Waals surface area contributed by atoms with E-state index in [-0.39, 0.29) is 19.6 Å². The summed E-state index contributed by atoms with van der Waals surface area (Å²) < 4.78 is 39.6. The first-order valence-corrected chi connectivity index (χ1v) is 6.48. The Morgan fingerprint density at radius 2 is 1.95 bits per heavy atom. The van der Waals surface area contributed by atoms with Gasteiger partial charge in [0.2, 0.25) is 5.91 Å². The number of aliphatic hydroxyl groups is 1. The predicted molar refractivity (Wildman–Crippen MR) is 64.5 cm³/mol. The standard InChI is InChI=1S/C12H21F3N2O2/c1-3-10(4-2,8-18)17-9(19)11(12(13,14)15)5-6-16-7-11/h16,18H,3-8H2,1-2H3,(H,17,19). The number of nitrogens with one attached hydrogen (secondary N) is 2. The minimum atomic E-state index is -4.59. The van der Waals surface area contributed by atoms with Crippen LogP contribution in [0.15, 0.2) is 0 Å². The Balaban J connectivity index is 2.97. The van der Waals surface area contributed by atoms with Crippen molar-refractivity contribution in [3.8, 4) is 0 Å². The lowest BCUT2D eigenvalue weighted by molar-refractivity contribution is -0.217. The number of carbonyl (C=O) groups excluding carboxylic acids is 1. The monoisotopic (exact) mass is 282 g/mol. The molecule has 0 spiro atoms. The number of rotatable bonds is 5. The summed E-state index contributed by atoms with van der Waals surface area (Å²) in [5.74, 6) is -1.04. The van der Waals surface area contributed by atoms with E-state index in [1.807, 2.05) is 0 Å². The van der Waals surface area contributed by atoms with Gasteiger partial charge in [-0.25, -0.2) is 0 Å². The van der Waals surface area contributed by atoms with Gasteiger partial charge >= 0.3 is 6.18 Å². The van der Waals surface area contributed by atoms with Gasteiger partial charge in [0.05, 0.1) is 12.1 Å². The van der Waals surface area contributed by atoms with Crippen LogP contribution >= 0.6 is 0 Å². The summed E-state index contributed by atoms with van der Waals surface area (Å²) in [5, 5.41) is 14.4. The molecule has 0 aromatic rings. The van der Waals surface area contributed by atoms with Crippen LogP contribution in [0.25, 0.3) is 0 Å². The molecule has 0 aromatic heterocycles. The lowest BCUT2D eigenvalue weighted by Crippen LogP contribution is -2.59. The molecule has 0 aliphatic carbocycles. The first kappa shape index (κ1) is 16.2. The van der Waals surface area contributed by atoms with Crippen LogP contribution in [0.5, 0.6) is 0 Å². The van der Waals surface area contributed by atoms with Crippen molar-refractivity contribution in [3.63, 3.8) is 0 Å². The van der Waals surface area contributed by atoms with E-state index < -0.39 is 29.6 Å². The molecule has 0 aromatic carbocycles. The van der Waals surface area contributed by atoms with Crippen LogP contribution in [0.1, 0.15) is 33.1 Å². The highest BCUT2D eigenvalue weighted by atomic mass is 19.4. The molecule has 4 nitrogen and oxygen atoms in total. The molecule has 1 unspecified atom stereocenters. The molecule has 0 saturated carbocycles. The smallest absolute Gasteiger partial charge is 0.394 e. The Bertz CT molecular complexity index is 313. The molecule has 1 atom stereocenters. The predicted octanol–water partition coefficient (Wildman–Crippen LogP) is 1.20. The van der Waals surface area contributed by atoms with Gasteiger partial charge in [0.15, 0.2) is 5.41 Å². The quantitative estimate of drug-likeness (QED) is 0.710. The number of alkyl halides is 3. The van der Waals surface area contributed by atoms with E-state index in [0.717, 1.165) is 0 Å². The van der Waals surface area contributed by atoms with Gasteiger partial charge in [-0.3, -0.25) is 4.79 Å². The summed E-state index contributed by atoms with van der Waals surface area (Å²) in [4.78, 5) is 12.1. The number of hydrogen-bond acceptors (Lipinski definition) is 3. The van der Waals surface area contributed by atoms with E-state index >= 15 is 0 Å². The molecule has 1 heterocycles. The lowest BCUT2D eigenvalue weighted by Gasteiger charge is -2.36. The van der Waals surface area contributed by atoms with Crippen LogP contribution in [-0.4, -0.2) is 42.4 Å². The fourth-order valence-corrected chi connectivity index (χ4v) is 2.31. The molecule has 1 saturated heterocycles. The van der Waals surface area contributed by atoms with Crippen molar-refractivity contribution in [3.05, 3.63) is 0 Å². The highest BCUT2D eigenvalue weighted by Gasteiger charge is 2.62. The highest BCUT2D eigenvalue weighted by Crippen LogP contribution is 2.43. The van der Waals surface area contributed by atoms with E-state index in [2.05, 4.69) is 10.6 Å². The molecule has 1 aliphatic rings. The van der Waals surface area contributed by atoms with Crippen LogP contribution in [0.4, 0.5) is 13.2 Å². The van der Waals surface area contributed by atoms with E-state index in [0.29, 0.717) is 12.8 Å². The van der Waals surface area contributed by atoms with E-state index in [1.54, 1.807) is 13.8 Å². The molecule has 0 bridgehead atoms. The number of amides is 1. The van der Waals surface area contributed by atoms with Gasteiger partial charge in [-0.2, -0.15) is 13.2 Å². The Kier molecular flexibility index (Phi) is 4.84.